The molecular weight excluding hydrogens is 304 g/mol. The SMILES string of the molecule is CCOC(=O)c1c2ccc(OCC#N)cc2n2cc(CC)ccc12. The summed E-state index contributed by atoms with van der Waals surface area (Å²) in [6.45, 7) is 4.19. The molecule has 3 aromatic rings. The zero-order chi connectivity index (χ0) is 17.1. The molecule has 0 saturated heterocycles. The average Bonchev–Trinajstić information content (AvgIpc) is 2.93. The molecule has 0 aliphatic rings. The zero-order valence-electron chi connectivity index (χ0n) is 13.7. The summed E-state index contributed by atoms with van der Waals surface area (Å²) in [5, 5.41) is 9.49. The van der Waals surface area contributed by atoms with Gasteiger partial charge in [0.05, 0.1) is 23.2 Å². The van der Waals surface area contributed by atoms with Crippen molar-refractivity contribution in [3.63, 3.8) is 0 Å². The number of aromatic nitrogens is 1. The summed E-state index contributed by atoms with van der Waals surface area (Å²) in [4.78, 5) is 12.4. The molecule has 5 heteroatoms. The number of pyridine rings is 1. The van der Waals surface area contributed by atoms with Crippen molar-refractivity contribution in [1.82, 2.24) is 4.40 Å². The molecule has 0 aliphatic carbocycles. The van der Waals surface area contributed by atoms with E-state index < -0.39 is 0 Å². The summed E-state index contributed by atoms with van der Waals surface area (Å²) in [6.07, 6.45) is 2.92. The van der Waals surface area contributed by atoms with E-state index in [9.17, 15) is 4.79 Å². The van der Waals surface area contributed by atoms with Crippen molar-refractivity contribution in [1.29, 1.82) is 5.26 Å². The lowest BCUT2D eigenvalue weighted by Gasteiger charge is -2.03. The number of aryl methyl sites for hydroxylation is 1. The number of ether oxygens (including phenoxy) is 2. The monoisotopic (exact) mass is 322 g/mol. The smallest absolute Gasteiger partial charge is 0.340 e. The van der Waals surface area contributed by atoms with Crippen LogP contribution >= 0.6 is 0 Å². The second-order valence-corrected chi connectivity index (χ2v) is 5.37. The predicted octanol–water partition coefficient (Wildman–Crippen LogP) is 3.73. The molecule has 0 atom stereocenters. The maximum absolute atomic E-state index is 12.4. The molecule has 2 aromatic heterocycles. The number of nitriles is 1. The fraction of sp³-hybridized carbons (Fsp3) is 0.263. The lowest BCUT2D eigenvalue weighted by Crippen LogP contribution is -2.04. The third kappa shape index (κ3) is 2.67. The third-order valence-corrected chi connectivity index (χ3v) is 3.96. The first kappa shape index (κ1) is 15.9. The van der Waals surface area contributed by atoms with Crippen molar-refractivity contribution in [2.45, 2.75) is 20.3 Å². The van der Waals surface area contributed by atoms with Crippen molar-refractivity contribution in [3.05, 3.63) is 47.7 Å². The summed E-state index contributed by atoms with van der Waals surface area (Å²) in [5.41, 5.74) is 3.39. The van der Waals surface area contributed by atoms with Crippen LogP contribution in [0.1, 0.15) is 29.8 Å². The maximum atomic E-state index is 12.4. The molecule has 0 radical (unpaired) electrons. The minimum absolute atomic E-state index is 0.0141. The Morgan fingerprint density at radius 2 is 2.04 bits per heavy atom. The van der Waals surface area contributed by atoms with Crippen LogP contribution < -0.4 is 4.74 Å². The Balaban J connectivity index is 2.28. The van der Waals surface area contributed by atoms with Crippen molar-refractivity contribution in [2.75, 3.05) is 13.2 Å². The molecule has 0 spiro atoms. The van der Waals surface area contributed by atoms with Crippen LogP contribution in [-0.2, 0) is 11.2 Å². The highest BCUT2D eigenvalue weighted by Gasteiger charge is 2.19. The average molecular weight is 322 g/mol. The van der Waals surface area contributed by atoms with Gasteiger partial charge in [-0.1, -0.05) is 13.0 Å². The quantitative estimate of drug-likeness (QED) is 0.671. The van der Waals surface area contributed by atoms with E-state index in [-0.39, 0.29) is 12.6 Å². The minimum Gasteiger partial charge on any atom is -0.479 e. The molecular formula is C19H18N2O3. The van der Waals surface area contributed by atoms with Gasteiger partial charge in [-0.15, -0.1) is 0 Å². The molecule has 2 heterocycles. The van der Waals surface area contributed by atoms with Gasteiger partial charge < -0.3 is 13.9 Å². The third-order valence-electron chi connectivity index (χ3n) is 3.96. The number of fused-ring (bicyclic) bond motifs is 3. The molecule has 5 nitrogen and oxygen atoms in total. The van der Waals surface area contributed by atoms with E-state index in [4.69, 9.17) is 14.7 Å². The molecule has 0 unspecified atom stereocenters. The van der Waals surface area contributed by atoms with Gasteiger partial charge in [0.1, 0.15) is 11.8 Å². The van der Waals surface area contributed by atoms with Gasteiger partial charge in [0, 0.05) is 17.6 Å². The van der Waals surface area contributed by atoms with Crippen LogP contribution in [0.15, 0.2) is 36.5 Å². The lowest BCUT2D eigenvalue weighted by atomic mass is 10.1. The second-order valence-electron chi connectivity index (χ2n) is 5.37. The molecule has 0 saturated carbocycles. The van der Waals surface area contributed by atoms with Crippen LogP contribution in [0.5, 0.6) is 5.75 Å². The Morgan fingerprint density at radius 1 is 1.21 bits per heavy atom. The number of benzene rings is 1. The Kier molecular flexibility index (Phi) is 4.39. The van der Waals surface area contributed by atoms with Gasteiger partial charge in [-0.3, -0.25) is 0 Å². The van der Waals surface area contributed by atoms with Crippen LogP contribution in [0, 0.1) is 11.3 Å². The Labute approximate surface area is 140 Å². The summed E-state index contributed by atoms with van der Waals surface area (Å²) in [5.74, 6) is 0.265. The molecule has 0 N–H and O–H groups in total. The topological polar surface area (TPSA) is 63.7 Å². The summed E-state index contributed by atoms with van der Waals surface area (Å²) >= 11 is 0. The fourth-order valence-electron chi connectivity index (χ4n) is 2.84. The van der Waals surface area contributed by atoms with Crippen molar-refractivity contribution >= 4 is 22.4 Å². The van der Waals surface area contributed by atoms with E-state index in [1.807, 2.05) is 40.9 Å². The van der Waals surface area contributed by atoms with Gasteiger partial charge in [-0.05, 0) is 37.1 Å². The van der Waals surface area contributed by atoms with E-state index in [0.29, 0.717) is 17.9 Å². The van der Waals surface area contributed by atoms with Gasteiger partial charge in [0.15, 0.2) is 6.61 Å². The molecule has 0 amide bonds. The van der Waals surface area contributed by atoms with E-state index in [0.717, 1.165) is 28.4 Å². The number of hydrogen-bond acceptors (Lipinski definition) is 4. The summed E-state index contributed by atoms with van der Waals surface area (Å²) in [7, 11) is 0. The van der Waals surface area contributed by atoms with Crippen molar-refractivity contribution in [2.24, 2.45) is 0 Å². The van der Waals surface area contributed by atoms with Crippen LogP contribution in [0.3, 0.4) is 0 Å². The first-order valence-electron chi connectivity index (χ1n) is 7.93. The van der Waals surface area contributed by atoms with Gasteiger partial charge in [-0.2, -0.15) is 5.26 Å². The van der Waals surface area contributed by atoms with E-state index >= 15 is 0 Å². The number of rotatable bonds is 5. The lowest BCUT2D eigenvalue weighted by molar-refractivity contribution is 0.0531. The first-order valence-corrected chi connectivity index (χ1v) is 7.93. The molecule has 3 rings (SSSR count). The van der Waals surface area contributed by atoms with E-state index in [1.165, 1.54) is 0 Å². The molecule has 0 aliphatic heterocycles. The van der Waals surface area contributed by atoms with E-state index in [1.54, 1.807) is 13.0 Å². The fourth-order valence-corrected chi connectivity index (χ4v) is 2.84. The Bertz CT molecular complexity index is 951. The molecule has 122 valence electrons. The highest BCUT2D eigenvalue weighted by atomic mass is 16.5. The Morgan fingerprint density at radius 3 is 2.75 bits per heavy atom. The number of carbonyl (C=O) groups is 1. The molecule has 24 heavy (non-hydrogen) atoms. The second kappa shape index (κ2) is 6.63. The van der Waals surface area contributed by atoms with Gasteiger partial charge in [0.2, 0.25) is 0 Å². The number of esters is 1. The summed E-state index contributed by atoms with van der Waals surface area (Å²) < 4.78 is 12.6. The van der Waals surface area contributed by atoms with Crippen LogP contribution in [0.2, 0.25) is 0 Å². The van der Waals surface area contributed by atoms with Gasteiger partial charge in [-0.25, -0.2) is 4.79 Å². The largest absolute Gasteiger partial charge is 0.479 e. The van der Waals surface area contributed by atoms with Crippen molar-refractivity contribution in [3.8, 4) is 11.8 Å². The molecule has 0 bridgehead atoms. The normalized spacial score (nSPS) is 10.7. The predicted molar refractivity (Wildman–Crippen MR) is 91.3 cm³/mol. The van der Waals surface area contributed by atoms with Crippen LogP contribution in [-0.4, -0.2) is 23.6 Å². The van der Waals surface area contributed by atoms with Gasteiger partial charge in [0.25, 0.3) is 0 Å². The maximum Gasteiger partial charge on any atom is 0.340 e. The number of carbonyl (C=O) groups excluding carboxylic acids is 1. The van der Waals surface area contributed by atoms with Gasteiger partial charge >= 0.3 is 5.97 Å². The molecule has 1 aromatic carbocycles. The van der Waals surface area contributed by atoms with Crippen LogP contribution in [0.4, 0.5) is 0 Å². The van der Waals surface area contributed by atoms with Crippen LogP contribution in [0.25, 0.3) is 16.4 Å². The zero-order valence-corrected chi connectivity index (χ0v) is 13.7. The standard InChI is InChI=1S/C19H18N2O3/c1-3-13-5-8-16-18(19(22)23-4-2)15-7-6-14(24-10-9-20)11-17(15)21(16)12-13/h5-8,11-12H,3-4,10H2,1-2H3. The molecule has 0 fully saturated rings. The number of hydrogen-bond donors (Lipinski definition) is 0. The first-order chi connectivity index (χ1) is 11.7. The van der Waals surface area contributed by atoms with E-state index in [2.05, 4.69) is 6.92 Å². The Hall–Kier alpha value is -3.00. The highest BCUT2D eigenvalue weighted by Crippen LogP contribution is 2.31. The summed E-state index contributed by atoms with van der Waals surface area (Å²) in [6, 6.07) is 11.4. The highest BCUT2D eigenvalue weighted by molar-refractivity contribution is 6.12. The number of nitrogens with zero attached hydrogens (tertiary/aromatic N) is 2. The minimum atomic E-state index is -0.333. The van der Waals surface area contributed by atoms with Crippen molar-refractivity contribution < 1.29 is 14.3 Å².